The van der Waals surface area contributed by atoms with Crippen LogP contribution in [0.25, 0.3) is 0 Å². The van der Waals surface area contributed by atoms with Crippen molar-refractivity contribution < 1.29 is 14.1 Å². The van der Waals surface area contributed by atoms with Gasteiger partial charge in [-0.05, 0) is 38.5 Å². The highest BCUT2D eigenvalue weighted by molar-refractivity contribution is 5.95. The maximum absolute atomic E-state index is 12.6. The number of rotatable bonds is 6. The summed E-state index contributed by atoms with van der Waals surface area (Å²) in [6.45, 7) is 7.98. The lowest BCUT2D eigenvalue weighted by atomic mass is 10.2. The summed E-state index contributed by atoms with van der Waals surface area (Å²) < 4.78 is 5.01. The van der Waals surface area contributed by atoms with E-state index < -0.39 is 0 Å². The summed E-state index contributed by atoms with van der Waals surface area (Å²) in [6.07, 6.45) is 0.216. The van der Waals surface area contributed by atoms with Crippen molar-refractivity contribution in [3.8, 4) is 0 Å². The van der Waals surface area contributed by atoms with Crippen molar-refractivity contribution in [2.75, 3.05) is 22.9 Å². The van der Waals surface area contributed by atoms with Gasteiger partial charge in [0, 0.05) is 38.2 Å². The number of aromatic nitrogens is 1. The van der Waals surface area contributed by atoms with Crippen LogP contribution in [0.1, 0.15) is 31.6 Å². The molecule has 0 saturated heterocycles. The van der Waals surface area contributed by atoms with Crippen LogP contribution < -0.4 is 9.80 Å². The number of amides is 2. The summed E-state index contributed by atoms with van der Waals surface area (Å²) in [5, 5.41) is 3.86. The topological polar surface area (TPSA) is 66.7 Å². The molecule has 0 aliphatic carbocycles. The molecule has 0 spiro atoms. The summed E-state index contributed by atoms with van der Waals surface area (Å²) in [6, 6.07) is 9.50. The van der Waals surface area contributed by atoms with Gasteiger partial charge < -0.3 is 9.42 Å². The second-order valence-electron chi connectivity index (χ2n) is 5.69. The van der Waals surface area contributed by atoms with Crippen LogP contribution in [0.15, 0.2) is 34.9 Å². The van der Waals surface area contributed by atoms with Gasteiger partial charge in [0.25, 0.3) is 0 Å². The zero-order valence-electron chi connectivity index (χ0n) is 14.6. The fraction of sp³-hybridized carbons (Fsp3) is 0.389. The predicted octanol–water partition coefficient (Wildman–Crippen LogP) is 3.09. The van der Waals surface area contributed by atoms with Crippen LogP contribution in [0, 0.1) is 13.8 Å². The van der Waals surface area contributed by atoms with Crippen LogP contribution in [0.3, 0.4) is 0 Å². The number of nitrogens with zero attached hydrogens (tertiary/aromatic N) is 3. The first-order valence-corrected chi connectivity index (χ1v) is 8.00. The van der Waals surface area contributed by atoms with E-state index in [2.05, 4.69) is 5.16 Å². The van der Waals surface area contributed by atoms with Gasteiger partial charge in [0.05, 0.1) is 0 Å². The van der Waals surface area contributed by atoms with E-state index in [0.717, 1.165) is 11.3 Å². The summed E-state index contributed by atoms with van der Waals surface area (Å²) >= 11 is 0. The quantitative estimate of drug-likeness (QED) is 0.817. The Morgan fingerprint density at radius 2 is 1.92 bits per heavy atom. The minimum absolute atomic E-state index is 0.0328. The summed E-state index contributed by atoms with van der Waals surface area (Å²) in [7, 11) is 0. The second kappa shape index (κ2) is 7.77. The van der Waals surface area contributed by atoms with E-state index in [1.165, 1.54) is 11.8 Å². The maximum atomic E-state index is 12.6. The molecule has 0 aliphatic rings. The normalized spacial score (nSPS) is 10.5. The largest absolute Gasteiger partial charge is 0.360 e. The molecular formula is C18H23N3O3. The molecule has 1 aromatic carbocycles. The van der Waals surface area contributed by atoms with Crippen LogP contribution in [0.2, 0.25) is 0 Å². The molecule has 0 bridgehead atoms. The van der Waals surface area contributed by atoms with Gasteiger partial charge in [-0.15, -0.1) is 0 Å². The van der Waals surface area contributed by atoms with Crippen LogP contribution in [0.4, 0.5) is 11.5 Å². The zero-order chi connectivity index (χ0) is 17.7. The Labute approximate surface area is 142 Å². The lowest BCUT2D eigenvalue weighted by molar-refractivity contribution is -0.118. The van der Waals surface area contributed by atoms with Crippen LogP contribution in [-0.4, -0.2) is 30.1 Å². The maximum Gasteiger partial charge on any atom is 0.228 e. The molecule has 0 saturated carbocycles. The minimum atomic E-state index is -0.172. The lowest BCUT2D eigenvalue weighted by Crippen LogP contribution is -2.36. The molecule has 0 aliphatic heterocycles. The van der Waals surface area contributed by atoms with Gasteiger partial charge >= 0.3 is 0 Å². The average Bonchev–Trinajstić information content (AvgIpc) is 2.94. The Morgan fingerprint density at radius 3 is 2.46 bits per heavy atom. The summed E-state index contributed by atoms with van der Waals surface area (Å²) in [4.78, 5) is 27.6. The number of carbonyl (C=O) groups is 2. The van der Waals surface area contributed by atoms with E-state index in [9.17, 15) is 9.59 Å². The fourth-order valence-corrected chi connectivity index (χ4v) is 2.55. The molecule has 0 atom stereocenters. The Kier molecular flexibility index (Phi) is 5.73. The molecule has 0 radical (unpaired) electrons. The molecule has 0 unspecified atom stereocenters. The minimum Gasteiger partial charge on any atom is -0.360 e. The highest BCUT2D eigenvalue weighted by Crippen LogP contribution is 2.18. The molecule has 1 heterocycles. The van der Waals surface area contributed by atoms with Crippen LogP contribution in [0.5, 0.6) is 0 Å². The molecule has 0 fully saturated rings. The lowest BCUT2D eigenvalue weighted by Gasteiger charge is -2.23. The van der Waals surface area contributed by atoms with E-state index in [1.54, 1.807) is 17.9 Å². The van der Waals surface area contributed by atoms with Gasteiger partial charge in [0.1, 0.15) is 5.76 Å². The SMILES string of the molecule is CCN(C(=O)CCN(C(C)=O)c1cc(C)on1)c1cccc(C)c1. The van der Waals surface area contributed by atoms with Crippen molar-refractivity contribution in [1.82, 2.24) is 5.16 Å². The van der Waals surface area contributed by atoms with E-state index in [4.69, 9.17) is 4.52 Å². The number of aryl methyl sites for hydroxylation is 2. The molecule has 128 valence electrons. The Hall–Kier alpha value is -2.63. The van der Waals surface area contributed by atoms with Gasteiger partial charge in [-0.1, -0.05) is 17.3 Å². The van der Waals surface area contributed by atoms with Gasteiger partial charge in [0.15, 0.2) is 5.82 Å². The van der Waals surface area contributed by atoms with Gasteiger partial charge in [-0.25, -0.2) is 0 Å². The molecular weight excluding hydrogens is 306 g/mol. The van der Waals surface area contributed by atoms with Gasteiger partial charge in [-0.3, -0.25) is 14.5 Å². The smallest absolute Gasteiger partial charge is 0.228 e. The Bertz CT molecular complexity index is 724. The average molecular weight is 329 g/mol. The first-order valence-electron chi connectivity index (χ1n) is 8.00. The van der Waals surface area contributed by atoms with Crippen molar-refractivity contribution in [2.45, 2.75) is 34.1 Å². The van der Waals surface area contributed by atoms with Crippen molar-refractivity contribution >= 4 is 23.3 Å². The van der Waals surface area contributed by atoms with E-state index in [1.807, 2.05) is 38.1 Å². The van der Waals surface area contributed by atoms with Crippen molar-refractivity contribution in [2.24, 2.45) is 0 Å². The van der Waals surface area contributed by atoms with Crippen molar-refractivity contribution in [3.05, 3.63) is 41.7 Å². The molecule has 6 heteroatoms. The highest BCUT2D eigenvalue weighted by Gasteiger charge is 2.20. The number of anilines is 2. The third kappa shape index (κ3) is 4.22. The first-order chi connectivity index (χ1) is 11.4. The Morgan fingerprint density at radius 1 is 1.17 bits per heavy atom. The number of benzene rings is 1. The molecule has 2 aromatic rings. The molecule has 2 amide bonds. The van der Waals surface area contributed by atoms with E-state index in [-0.39, 0.29) is 24.8 Å². The fourth-order valence-electron chi connectivity index (χ4n) is 2.55. The molecule has 24 heavy (non-hydrogen) atoms. The second-order valence-corrected chi connectivity index (χ2v) is 5.69. The standard InChI is InChI=1S/C18H23N3O3/c1-5-20(16-8-6-7-13(2)11-16)18(23)9-10-21(15(4)22)17-12-14(3)24-19-17/h6-8,11-12H,5,9-10H2,1-4H3. The summed E-state index contributed by atoms with van der Waals surface area (Å²) in [5.41, 5.74) is 1.97. The zero-order valence-corrected chi connectivity index (χ0v) is 14.6. The molecule has 0 N–H and O–H groups in total. The number of hydrogen-bond acceptors (Lipinski definition) is 4. The first kappa shape index (κ1) is 17.7. The van der Waals surface area contributed by atoms with Crippen LogP contribution >= 0.6 is 0 Å². The third-order valence-corrected chi connectivity index (χ3v) is 3.75. The predicted molar refractivity (Wildman–Crippen MR) is 93.1 cm³/mol. The highest BCUT2D eigenvalue weighted by atomic mass is 16.5. The third-order valence-electron chi connectivity index (χ3n) is 3.75. The molecule has 1 aromatic heterocycles. The van der Waals surface area contributed by atoms with E-state index in [0.29, 0.717) is 18.1 Å². The van der Waals surface area contributed by atoms with E-state index >= 15 is 0 Å². The van der Waals surface area contributed by atoms with Gasteiger partial charge in [0.2, 0.25) is 11.8 Å². The van der Waals surface area contributed by atoms with Crippen molar-refractivity contribution in [1.29, 1.82) is 0 Å². The van der Waals surface area contributed by atoms with Crippen LogP contribution in [-0.2, 0) is 9.59 Å². The van der Waals surface area contributed by atoms with Gasteiger partial charge in [-0.2, -0.15) is 0 Å². The molecule has 2 rings (SSSR count). The number of hydrogen-bond donors (Lipinski definition) is 0. The summed E-state index contributed by atoms with van der Waals surface area (Å²) in [5.74, 6) is 0.855. The monoisotopic (exact) mass is 329 g/mol. The van der Waals surface area contributed by atoms with Crippen molar-refractivity contribution in [3.63, 3.8) is 0 Å². The number of carbonyl (C=O) groups excluding carboxylic acids is 2. The Balaban J connectivity index is 2.08. The molecule has 6 nitrogen and oxygen atoms in total.